The second-order valence-electron chi connectivity index (χ2n) is 9.73. The van der Waals surface area contributed by atoms with Crippen LogP contribution in [0.2, 0.25) is 0 Å². The number of benzene rings is 1. The number of phenols is 1. The molecule has 10 heteroatoms. The van der Waals surface area contributed by atoms with Crippen molar-refractivity contribution in [2.24, 2.45) is 5.41 Å². The van der Waals surface area contributed by atoms with Gasteiger partial charge in [0, 0.05) is 13.1 Å². The number of nitrogens with one attached hydrogen (secondary N) is 2. The number of furan rings is 1. The Morgan fingerprint density at radius 3 is 2.68 bits per heavy atom. The summed E-state index contributed by atoms with van der Waals surface area (Å²) >= 11 is 1.04. The van der Waals surface area contributed by atoms with Crippen molar-refractivity contribution in [3.63, 3.8) is 0 Å². The zero-order valence-corrected chi connectivity index (χ0v) is 20.6. The van der Waals surface area contributed by atoms with Crippen LogP contribution < -0.4 is 10.6 Å². The maximum absolute atomic E-state index is 13.0. The molecular weight excluding hydrogens is 454 g/mol. The number of nitrogens with zero attached hydrogens (tertiary/aromatic N) is 3. The number of piperidine rings is 1. The molecule has 2 aromatic heterocycles. The monoisotopic (exact) mass is 485 g/mol. The molecule has 34 heavy (non-hydrogen) atoms. The van der Waals surface area contributed by atoms with E-state index >= 15 is 0 Å². The Labute approximate surface area is 203 Å². The van der Waals surface area contributed by atoms with Gasteiger partial charge in [-0.15, -0.1) is 0 Å². The Morgan fingerprint density at radius 2 is 2.00 bits per heavy atom. The first-order chi connectivity index (χ1) is 16.1. The van der Waals surface area contributed by atoms with E-state index in [4.69, 9.17) is 4.42 Å². The van der Waals surface area contributed by atoms with E-state index in [9.17, 15) is 15.0 Å². The van der Waals surface area contributed by atoms with E-state index in [1.165, 1.54) is 0 Å². The summed E-state index contributed by atoms with van der Waals surface area (Å²) in [7, 11) is 0. The molecule has 4 N–H and O–H groups in total. The minimum absolute atomic E-state index is 0.166. The molecule has 1 amide bonds. The van der Waals surface area contributed by atoms with Crippen molar-refractivity contribution < 1.29 is 19.4 Å². The van der Waals surface area contributed by atoms with Crippen molar-refractivity contribution in [1.82, 2.24) is 13.6 Å². The average molecular weight is 486 g/mol. The van der Waals surface area contributed by atoms with Gasteiger partial charge in [0.25, 0.3) is 5.91 Å². The number of para-hydroxylation sites is 1. The molecule has 0 bridgehead atoms. The summed E-state index contributed by atoms with van der Waals surface area (Å²) in [5.74, 6) is 2.11. The number of aromatic nitrogens is 2. The van der Waals surface area contributed by atoms with Crippen LogP contribution in [0.5, 0.6) is 5.75 Å². The summed E-state index contributed by atoms with van der Waals surface area (Å²) in [5.41, 5.74) is 0.342. The Balaban J connectivity index is 1.56. The van der Waals surface area contributed by atoms with Gasteiger partial charge in [-0.05, 0) is 49.4 Å². The van der Waals surface area contributed by atoms with Crippen LogP contribution in [-0.4, -0.2) is 49.0 Å². The Hall–Kier alpha value is -3.11. The molecule has 0 spiro atoms. The van der Waals surface area contributed by atoms with Gasteiger partial charge in [-0.2, -0.15) is 8.75 Å². The topological polar surface area (TPSA) is 124 Å². The van der Waals surface area contributed by atoms with Crippen LogP contribution in [0.15, 0.2) is 34.7 Å². The van der Waals surface area contributed by atoms with Gasteiger partial charge < -0.3 is 30.2 Å². The number of carbonyl (C=O) groups is 1. The highest BCUT2D eigenvalue weighted by Crippen LogP contribution is 2.39. The maximum atomic E-state index is 13.0. The molecule has 0 saturated carbocycles. The summed E-state index contributed by atoms with van der Waals surface area (Å²) in [4.78, 5) is 14.6. The van der Waals surface area contributed by atoms with Crippen LogP contribution in [-0.2, 0) is 0 Å². The van der Waals surface area contributed by atoms with Crippen molar-refractivity contribution in [2.45, 2.75) is 52.7 Å². The smallest absolute Gasteiger partial charge is 0.257 e. The number of hydrogen-bond donors (Lipinski definition) is 4. The van der Waals surface area contributed by atoms with Gasteiger partial charge in [-0.3, -0.25) is 4.79 Å². The van der Waals surface area contributed by atoms with Gasteiger partial charge in [0.05, 0.1) is 35.1 Å². The first kappa shape index (κ1) is 24.0. The van der Waals surface area contributed by atoms with E-state index in [-0.39, 0.29) is 35.2 Å². The van der Waals surface area contributed by atoms with Crippen molar-refractivity contribution in [2.75, 3.05) is 23.7 Å². The molecule has 2 atom stereocenters. The number of amides is 1. The number of hydrogen-bond acceptors (Lipinski definition) is 9. The average Bonchev–Trinajstić information content (AvgIpc) is 3.40. The van der Waals surface area contributed by atoms with Crippen LogP contribution in [0.4, 0.5) is 17.3 Å². The largest absolute Gasteiger partial charge is 0.505 e. The van der Waals surface area contributed by atoms with Gasteiger partial charge in [0.15, 0.2) is 17.4 Å². The number of aromatic hydroxyl groups is 1. The molecule has 0 aliphatic carbocycles. The summed E-state index contributed by atoms with van der Waals surface area (Å²) in [5, 5.41) is 27.3. The van der Waals surface area contributed by atoms with Crippen molar-refractivity contribution in [3.05, 3.63) is 47.4 Å². The second kappa shape index (κ2) is 9.63. The predicted octanol–water partition coefficient (Wildman–Crippen LogP) is 4.68. The number of aliphatic hydroxyl groups excluding tert-OH is 1. The minimum atomic E-state index is -0.537. The van der Waals surface area contributed by atoms with E-state index in [0.29, 0.717) is 30.3 Å². The number of likely N-dealkylation sites (tertiary alicyclic amines) is 1. The molecule has 1 saturated heterocycles. The molecule has 0 radical (unpaired) electrons. The number of rotatable bonds is 6. The van der Waals surface area contributed by atoms with Crippen LogP contribution in [0.25, 0.3) is 0 Å². The molecule has 3 aromatic rings. The molecule has 4 rings (SSSR count). The van der Waals surface area contributed by atoms with Crippen LogP contribution in [0.3, 0.4) is 0 Å². The van der Waals surface area contributed by atoms with Crippen LogP contribution in [0, 0.1) is 12.3 Å². The quantitative estimate of drug-likeness (QED) is 0.371. The van der Waals surface area contributed by atoms with E-state index < -0.39 is 6.10 Å². The lowest BCUT2D eigenvalue weighted by molar-refractivity contribution is 0.0471. The lowest BCUT2D eigenvalue weighted by Crippen LogP contribution is -2.42. The number of carbonyl (C=O) groups excluding carboxylic acids is 1. The van der Waals surface area contributed by atoms with Crippen molar-refractivity contribution >= 4 is 35.0 Å². The lowest BCUT2D eigenvalue weighted by atomic mass is 9.85. The predicted molar refractivity (Wildman–Crippen MR) is 132 cm³/mol. The van der Waals surface area contributed by atoms with Crippen molar-refractivity contribution in [3.8, 4) is 5.75 Å². The Bertz CT molecular complexity index is 1150. The summed E-state index contributed by atoms with van der Waals surface area (Å²) < 4.78 is 14.6. The van der Waals surface area contributed by atoms with E-state index in [2.05, 4.69) is 40.2 Å². The Morgan fingerprint density at radius 1 is 1.24 bits per heavy atom. The molecular formula is C24H31N5O4S. The normalized spacial score (nSPS) is 17.4. The zero-order chi connectivity index (χ0) is 24.5. The first-order valence-corrected chi connectivity index (χ1v) is 12.1. The fraction of sp³-hybridized carbons (Fsp3) is 0.458. The molecule has 3 heterocycles. The maximum Gasteiger partial charge on any atom is 0.257 e. The molecule has 9 nitrogen and oxygen atoms in total. The third-order valence-electron chi connectivity index (χ3n) is 5.88. The highest BCUT2D eigenvalue weighted by atomic mass is 32.1. The third-order valence-corrected chi connectivity index (χ3v) is 6.41. The zero-order valence-electron chi connectivity index (χ0n) is 19.8. The standard InChI is InChI=1S/C24H31N5O4S/c1-14-10-11-18(33-14)20(24(2,3)4)26-22-21(27-34-28-22)25-17-9-5-8-16(19(17)31)23(32)29-12-6-7-15(30)13-29/h5,8-11,15,20,30-31H,6-7,12-13H2,1-4H3,(H,25,27)(H,26,28)/t15?,20-/m0/s1. The molecule has 1 aliphatic rings. The number of phenolic OH excluding ortho intramolecular Hbond substituents is 1. The van der Waals surface area contributed by atoms with E-state index in [0.717, 1.165) is 29.7 Å². The van der Waals surface area contributed by atoms with Gasteiger partial charge >= 0.3 is 0 Å². The Kier molecular flexibility index (Phi) is 6.81. The second-order valence-corrected chi connectivity index (χ2v) is 10.3. The van der Waals surface area contributed by atoms with Gasteiger partial charge in [-0.25, -0.2) is 0 Å². The van der Waals surface area contributed by atoms with Gasteiger partial charge in [0.1, 0.15) is 11.5 Å². The van der Waals surface area contributed by atoms with E-state index in [1.54, 1.807) is 23.1 Å². The highest BCUT2D eigenvalue weighted by molar-refractivity contribution is 6.99. The number of β-amino-alcohol motifs (C(OH)–C–C–N with tert-alkyl or cyclic N) is 1. The van der Waals surface area contributed by atoms with E-state index in [1.807, 2.05) is 19.1 Å². The molecule has 1 unspecified atom stereocenters. The molecule has 1 fully saturated rings. The fourth-order valence-electron chi connectivity index (χ4n) is 4.08. The molecule has 1 aromatic carbocycles. The summed E-state index contributed by atoms with van der Waals surface area (Å²) in [6, 6.07) is 8.66. The first-order valence-electron chi connectivity index (χ1n) is 11.3. The van der Waals surface area contributed by atoms with Crippen LogP contribution >= 0.6 is 11.7 Å². The highest BCUT2D eigenvalue weighted by Gasteiger charge is 2.31. The number of anilines is 3. The summed E-state index contributed by atoms with van der Waals surface area (Å²) in [6.07, 6.45) is 0.872. The molecule has 182 valence electrons. The third kappa shape index (κ3) is 5.18. The summed E-state index contributed by atoms with van der Waals surface area (Å²) in [6.45, 7) is 9.04. The SMILES string of the molecule is Cc1ccc([C@H](Nc2nsnc2Nc2cccc(C(=O)N3CCCC(O)C3)c2O)C(C)(C)C)o1. The minimum Gasteiger partial charge on any atom is -0.505 e. The van der Waals surface area contributed by atoms with Crippen molar-refractivity contribution in [1.29, 1.82) is 0 Å². The van der Waals surface area contributed by atoms with Gasteiger partial charge in [-0.1, -0.05) is 26.8 Å². The fourth-order valence-corrected chi connectivity index (χ4v) is 4.55. The number of aryl methyl sites for hydroxylation is 1. The number of aliphatic hydroxyl groups is 1. The van der Waals surface area contributed by atoms with Gasteiger partial charge in [0.2, 0.25) is 0 Å². The lowest BCUT2D eigenvalue weighted by Gasteiger charge is -2.30. The van der Waals surface area contributed by atoms with Crippen LogP contribution in [0.1, 0.15) is 61.5 Å². The molecule has 1 aliphatic heterocycles.